The number of thioether (sulfide) groups is 1. The molecule has 2 heterocycles. The normalized spacial score (nSPS) is 15.0. The van der Waals surface area contributed by atoms with Gasteiger partial charge in [-0.05, 0) is 42.4 Å². The van der Waals surface area contributed by atoms with Gasteiger partial charge in [-0.3, -0.25) is 14.5 Å². The number of carbonyl (C=O) groups excluding carboxylic acids is 3. The Kier molecular flexibility index (Phi) is 5.77. The van der Waals surface area contributed by atoms with Crippen LogP contribution in [-0.2, 0) is 16.1 Å². The monoisotopic (exact) mass is 433 g/mol. The van der Waals surface area contributed by atoms with E-state index in [1.165, 1.54) is 12.0 Å². The van der Waals surface area contributed by atoms with Crippen molar-refractivity contribution in [2.45, 2.75) is 13.5 Å². The van der Waals surface area contributed by atoms with Gasteiger partial charge in [-0.25, -0.2) is 4.79 Å². The Morgan fingerprint density at radius 1 is 1.10 bits per heavy atom. The largest absolute Gasteiger partial charge is 0.465 e. The fraction of sp³-hybridized carbons (Fsp3) is 0.125. The van der Waals surface area contributed by atoms with Gasteiger partial charge in [0.25, 0.3) is 11.1 Å². The van der Waals surface area contributed by atoms with Crippen molar-refractivity contribution in [3.05, 3.63) is 88.0 Å². The lowest BCUT2D eigenvalue weighted by molar-refractivity contribution is -0.123. The minimum atomic E-state index is -0.467. The van der Waals surface area contributed by atoms with Crippen LogP contribution in [0.2, 0.25) is 0 Å². The summed E-state index contributed by atoms with van der Waals surface area (Å²) in [4.78, 5) is 38.7. The van der Waals surface area contributed by atoms with Gasteiger partial charge in [0.1, 0.15) is 11.5 Å². The summed E-state index contributed by atoms with van der Waals surface area (Å²) < 4.78 is 10.7. The summed E-state index contributed by atoms with van der Waals surface area (Å²) in [7, 11) is 1.32. The molecule has 0 aliphatic carbocycles. The maximum atomic E-state index is 12.8. The molecule has 0 spiro atoms. The molecule has 4 rings (SSSR count). The molecule has 0 bridgehead atoms. The second kappa shape index (κ2) is 8.65. The number of amides is 2. The van der Waals surface area contributed by atoms with Gasteiger partial charge in [0.15, 0.2) is 0 Å². The molecule has 0 radical (unpaired) electrons. The van der Waals surface area contributed by atoms with Gasteiger partial charge >= 0.3 is 5.97 Å². The molecule has 156 valence electrons. The molecule has 1 saturated heterocycles. The van der Waals surface area contributed by atoms with Crippen LogP contribution in [0.4, 0.5) is 4.79 Å². The van der Waals surface area contributed by atoms with E-state index in [4.69, 9.17) is 9.15 Å². The Balaban J connectivity index is 1.57. The van der Waals surface area contributed by atoms with E-state index in [0.717, 1.165) is 22.9 Å². The van der Waals surface area contributed by atoms with Gasteiger partial charge in [0, 0.05) is 11.6 Å². The Morgan fingerprint density at radius 2 is 1.90 bits per heavy atom. The fourth-order valence-electron chi connectivity index (χ4n) is 3.32. The standard InChI is InChI=1S/C24H19NO5S/c1-15-6-5-7-16(12-15)14-25-22(26)21(31-24(25)28)13-17-10-11-20(30-17)18-8-3-4-9-19(18)23(27)29-2/h3-13H,14H2,1-2H3/b21-13-. The second-order valence-electron chi connectivity index (χ2n) is 7.00. The van der Waals surface area contributed by atoms with E-state index in [-0.39, 0.29) is 17.7 Å². The second-order valence-corrected chi connectivity index (χ2v) is 7.99. The SMILES string of the molecule is COC(=O)c1ccccc1-c1ccc(/C=C2\SC(=O)N(Cc3cccc(C)c3)C2=O)o1. The zero-order valence-electron chi connectivity index (χ0n) is 17.0. The molecular formula is C24H19NO5S. The summed E-state index contributed by atoms with van der Waals surface area (Å²) in [6, 6.07) is 18.0. The number of hydrogen-bond acceptors (Lipinski definition) is 6. The number of rotatable bonds is 5. The third-order valence-electron chi connectivity index (χ3n) is 4.79. The number of nitrogens with zero attached hydrogens (tertiary/aromatic N) is 1. The first-order valence-electron chi connectivity index (χ1n) is 9.54. The van der Waals surface area contributed by atoms with E-state index < -0.39 is 5.97 Å². The third kappa shape index (κ3) is 4.32. The smallest absolute Gasteiger partial charge is 0.338 e. The van der Waals surface area contributed by atoms with Gasteiger partial charge in [-0.1, -0.05) is 48.0 Å². The molecule has 0 N–H and O–H groups in total. The van der Waals surface area contributed by atoms with Gasteiger partial charge in [-0.2, -0.15) is 0 Å². The number of furan rings is 1. The van der Waals surface area contributed by atoms with E-state index in [0.29, 0.717) is 27.6 Å². The lowest BCUT2D eigenvalue weighted by Crippen LogP contribution is -2.27. The number of imide groups is 1. The first-order chi connectivity index (χ1) is 15.0. The Bertz CT molecular complexity index is 1210. The van der Waals surface area contributed by atoms with E-state index in [1.807, 2.05) is 31.2 Å². The third-order valence-corrected chi connectivity index (χ3v) is 5.70. The van der Waals surface area contributed by atoms with Crippen molar-refractivity contribution in [1.29, 1.82) is 0 Å². The molecule has 1 aromatic heterocycles. The maximum absolute atomic E-state index is 12.8. The van der Waals surface area contributed by atoms with Crippen molar-refractivity contribution in [3.8, 4) is 11.3 Å². The van der Waals surface area contributed by atoms with Gasteiger partial charge in [0.2, 0.25) is 0 Å². The van der Waals surface area contributed by atoms with Crippen LogP contribution in [0.1, 0.15) is 27.2 Å². The van der Waals surface area contributed by atoms with Crippen molar-refractivity contribution in [1.82, 2.24) is 4.90 Å². The molecule has 31 heavy (non-hydrogen) atoms. The van der Waals surface area contributed by atoms with E-state index in [1.54, 1.807) is 42.5 Å². The quantitative estimate of drug-likeness (QED) is 0.403. The highest BCUT2D eigenvalue weighted by atomic mass is 32.2. The van der Waals surface area contributed by atoms with Crippen LogP contribution in [0.3, 0.4) is 0 Å². The number of esters is 1. The van der Waals surface area contributed by atoms with Gasteiger partial charge < -0.3 is 9.15 Å². The molecule has 7 heteroatoms. The highest BCUT2D eigenvalue weighted by Gasteiger charge is 2.35. The molecule has 1 aliphatic rings. The molecule has 6 nitrogen and oxygen atoms in total. The van der Waals surface area contributed by atoms with Gasteiger partial charge in [0.05, 0.1) is 24.1 Å². The zero-order chi connectivity index (χ0) is 22.0. The van der Waals surface area contributed by atoms with Crippen molar-refractivity contribution < 1.29 is 23.5 Å². The molecule has 0 saturated carbocycles. The summed E-state index contributed by atoms with van der Waals surface area (Å²) in [6.07, 6.45) is 1.55. The molecule has 1 fully saturated rings. The van der Waals surface area contributed by atoms with Crippen LogP contribution in [0.25, 0.3) is 17.4 Å². The number of aryl methyl sites for hydroxylation is 1. The summed E-state index contributed by atoms with van der Waals surface area (Å²) in [5.41, 5.74) is 2.92. The predicted octanol–water partition coefficient (Wildman–Crippen LogP) is 5.28. The van der Waals surface area contributed by atoms with Gasteiger partial charge in [-0.15, -0.1) is 0 Å². The Morgan fingerprint density at radius 3 is 2.68 bits per heavy atom. The Labute approximate surface area is 183 Å². The van der Waals surface area contributed by atoms with Crippen LogP contribution in [0.15, 0.2) is 70.0 Å². The average molecular weight is 433 g/mol. The van der Waals surface area contributed by atoms with Crippen molar-refractivity contribution in [2.75, 3.05) is 7.11 Å². The lowest BCUT2D eigenvalue weighted by Gasteiger charge is -2.12. The minimum absolute atomic E-state index is 0.222. The average Bonchev–Trinajstić information content (AvgIpc) is 3.33. The molecule has 0 atom stereocenters. The summed E-state index contributed by atoms with van der Waals surface area (Å²) >= 11 is 0.881. The molecule has 3 aromatic rings. The topological polar surface area (TPSA) is 76.8 Å². The fourth-order valence-corrected chi connectivity index (χ4v) is 4.14. The van der Waals surface area contributed by atoms with Crippen LogP contribution in [-0.4, -0.2) is 29.1 Å². The van der Waals surface area contributed by atoms with Crippen molar-refractivity contribution in [2.24, 2.45) is 0 Å². The maximum Gasteiger partial charge on any atom is 0.338 e. The summed E-state index contributed by atoms with van der Waals surface area (Å²) in [5, 5.41) is -0.319. The first-order valence-corrected chi connectivity index (χ1v) is 10.4. The van der Waals surface area contributed by atoms with E-state index in [9.17, 15) is 14.4 Å². The van der Waals surface area contributed by atoms with Crippen LogP contribution < -0.4 is 0 Å². The number of hydrogen-bond donors (Lipinski definition) is 0. The number of methoxy groups -OCH3 is 1. The highest BCUT2D eigenvalue weighted by molar-refractivity contribution is 8.18. The molecule has 1 aliphatic heterocycles. The lowest BCUT2D eigenvalue weighted by atomic mass is 10.1. The highest BCUT2D eigenvalue weighted by Crippen LogP contribution is 2.34. The molecule has 2 amide bonds. The van der Waals surface area contributed by atoms with E-state index >= 15 is 0 Å². The number of carbonyl (C=O) groups is 3. The minimum Gasteiger partial charge on any atom is -0.465 e. The molecule has 0 unspecified atom stereocenters. The van der Waals surface area contributed by atoms with Crippen LogP contribution >= 0.6 is 11.8 Å². The number of ether oxygens (including phenoxy) is 1. The van der Waals surface area contributed by atoms with E-state index in [2.05, 4.69) is 0 Å². The molecule has 2 aromatic carbocycles. The molecular weight excluding hydrogens is 414 g/mol. The summed E-state index contributed by atoms with van der Waals surface area (Å²) in [6.45, 7) is 2.18. The first kappa shape index (κ1) is 20.7. The zero-order valence-corrected chi connectivity index (χ0v) is 17.8. The van der Waals surface area contributed by atoms with Crippen molar-refractivity contribution in [3.63, 3.8) is 0 Å². The number of benzene rings is 2. The summed E-state index contributed by atoms with van der Waals surface area (Å²) in [5.74, 6) is 0.0530. The van der Waals surface area contributed by atoms with Crippen LogP contribution in [0.5, 0.6) is 0 Å². The van der Waals surface area contributed by atoms with Crippen molar-refractivity contribution >= 4 is 35.0 Å². The Hall–Kier alpha value is -3.58. The van der Waals surface area contributed by atoms with Crippen LogP contribution in [0, 0.1) is 6.92 Å². The predicted molar refractivity (Wildman–Crippen MR) is 118 cm³/mol.